The zero-order valence-electron chi connectivity index (χ0n) is 11.2. The number of unbranched alkanes of at least 4 members (excludes halogenated alkanes) is 1. The molecule has 0 fully saturated rings. The van der Waals surface area contributed by atoms with E-state index in [-0.39, 0.29) is 6.61 Å². The Kier molecular flexibility index (Phi) is 8.93. The first-order valence-electron chi connectivity index (χ1n) is 6.11. The first-order chi connectivity index (χ1) is 7.56. The first-order valence-corrected chi connectivity index (χ1v) is 6.11. The molecule has 0 rings (SSSR count). The van der Waals surface area contributed by atoms with Crippen LogP contribution in [0.3, 0.4) is 0 Å². The molecule has 0 heterocycles. The van der Waals surface area contributed by atoms with Gasteiger partial charge in [0.25, 0.3) is 0 Å². The maximum atomic E-state index is 8.82. The minimum atomic E-state index is 0.184. The standard InChI is InChI=1S/C15H26O/c1-13(2)8-7-11-14(3)9-5-6-10-15(4)12-16/h8-10,16H,5-7,11-12H2,1-4H3. The minimum absolute atomic E-state index is 0.184. The molecule has 1 heteroatoms. The molecule has 1 nitrogen and oxygen atoms in total. The molecule has 16 heavy (non-hydrogen) atoms. The number of hydrogen-bond donors (Lipinski definition) is 1. The fraction of sp³-hybridized carbons (Fsp3) is 0.600. The second kappa shape index (κ2) is 9.41. The molecule has 0 saturated heterocycles. The molecule has 0 unspecified atom stereocenters. The van der Waals surface area contributed by atoms with Crippen molar-refractivity contribution in [1.29, 1.82) is 0 Å². The van der Waals surface area contributed by atoms with E-state index in [2.05, 4.69) is 39.0 Å². The van der Waals surface area contributed by atoms with Crippen molar-refractivity contribution in [1.82, 2.24) is 0 Å². The van der Waals surface area contributed by atoms with Crippen molar-refractivity contribution in [3.63, 3.8) is 0 Å². The quantitative estimate of drug-likeness (QED) is 0.500. The predicted octanol–water partition coefficient (Wildman–Crippen LogP) is 4.40. The van der Waals surface area contributed by atoms with Crippen molar-refractivity contribution < 1.29 is 5.11 Å². The molecule has 0 aromatic carbocycles. The van der Waals surface area contributed by atoms with Crippen molar-refractivity contribution in [2.45, 2.75) is 53.4 Å². The lowest BCUT2D eigenvalue weighted by Crippen LogP contribution is -1.83. The maximum Gasteiger partial charge on any atom is 0.0639 e. The largest absolute Gasteiger partial charge is 0.392 e. The SMILES string of the molecule is CC(C)=CCCC(C)=CCCC=C(C)CO. The van der Waals surface area contributed by atoms with Gasteiger partial charge in [0, 0.05) is 0 Å². The van der Waals surface area contributed by atoms with Crippen molar-refractivity contribution in [2.75, 3.05) is 6.61 Å². The van der Waals surface area contributed by atoms with Crippen LogP contribution in [0.15, 0.2) is 34.9 Å². The topological polar surface area (TPSA) is 20.2 Å². The number of rotatable bonds is 7. The summed E-state index contributed by atoms with van der Waals surface area (Å²) in [6.45, 7) is 8.62. The highest BCUT2D eigenvalue weighted by atomic mass is 16.3. The summed E-state index contributed by atoms with van der Waals surface area (Å²) in [6, 6.07) is 0. The number of aliphatic hydroxyl groups is 1. The Balaban J connectivity index is 3.75. The molecular formula is C15H26O. The molecule has 0 radical (unpaired) electrons. The van der Waals surface area contributed by atoms with E-state index in [1.165, 1.54) is 11.1 Å². The highest BCUT2D eigenvalue weighted by Crippen LogP contribution is 2.09. The molecule has 0 aromatic rings. The Morgan fingerprint density at radius 2 is 1.38 bits per heavy atom. The van der Waals surface area contributed by atoms with E-state index in [1.54, 1.807) is 0 Å². The smallest absolute Gasteiger partial charge is 0.0639 e. The summed E-state index contributed by atoms with van der Waals surface area (Å²) in [4.78, 5) is 0. The van der Waals surface area contributed by atoms with Gasteiger partial charge in [-0.1, -0.05) is 34.9 Å². The molecule has 0 aliphatic carbocycles. The Labute approximate surface area is 101 Å². The molecule has 0 aliphatic heterocycles. The molecule has 0 aromatic heterocycles. The van der Waals surface area contributed by atoms with E-state index < -0.39 is 0 Å². The summed E-state index contributed by atoms with van der Waals surface area (Å²) in [5.41, 5.74) is 3.93. The molecule has 0 amide bonds. The van der Waals surface area contributed by atoms with Gasteiger partial charge in [-0.2, -0.15) is 0 Å². The Bertz CT molecular complexity index is 265. The molecule has 0 saturated carbocycles. The van der Waals surface area contributed by atoms with Crippen LogP contribution in [0.25, 0.3) is 0 Å². The highest BCUT2D eigenvalue weighted by Gasteiger charge is 1.89. The van der Waals surface area contributed by atoms with Gasteiger partial charge in [-0.15, -0.1) is 0 Å². The Morgan fingerprint density at radius 3 is 1.88 bits per heavy atom. The molecular weight excluding hydrogens is 196 g/mol. The summed E-state index contributed by atoms with van der Waals surface area (Å²) in [5.74, 6) is 0. The van der Waals surface area contributed by atoms with Gasteiger partial charge in [0.1, 0.15) is 0 Å². The van der Waals surface area contributed by atoms with Crippen LogP contribution in [0.2, 0.25) is 0 Å². The van der Waals surface area contributed by atoms with Crippen molar-refractivity contribution in [3.05, 3.63) is 34.9 Å². The van der Waals surface area contributed by atoms with Crippen molar-refractivity contribution in [2.24, 2.45) is 0 Å². The van der Waals surface area contributed by atoms with Crippen LogP contribution in [-0.2, 0) is 0 Å². The fourth-order valence-electron chi connectivity index (χ4n) is 1.41. The minimum Gasteiger partial charge on any atom is -0.392 e. The predicted molar refractivity (Wildman–Crippen MR) is 72.5 cm³/mol. The summed E-state index contributed by atoms with van der Waals surface area (Å²) in [5, 5.41) is 8.82. The van der Waals surface area contributed by atoms with E-state index in [0.29, 0.717) is 0 Å². The van der Waals surface area contributed by atoms with Gasteiger partial charge in [0.2, 0.25) is 0 Å². The summed E-state index contributed by atoms with van der Waals surface area (Å²) < 4.78 is 0. The van der Waals surface area contributed by atoms with E-state index in [1.807, 2.05) is 6.92 Å². The molecule has 0 bridgehead atoms. The van der Waals surface area contributed by atoms with Gasteiger partial charge < -0.3 is 5.11 Å². The van der Waals surface area contributed by atoms with E-state index in [9.17, 15) is 0 Å². The monoisotopic (exact) mass is 222 g/mol. The summed E-state index contributed by atoms with van der Waals surface area (Å²) in [7, 11) is 0. The Morgan fingerprint density at radius 1 is 0.812 bits per heavy atom. The number of hydrogen-bond acceptors (Lipinski definition) is 1. The highest BCUT2D eigenvalue weighted by molar-refractivity contribution is 5.04. The fourth-order valence-corrected chi connectivity index (χ4v) is 1.41. The molecule has 0 spiro atoms. The molecule has 0 atom stereocenters. The average molecular weight is 222 g/mol. The maximum absolute atomic E-state index is 8.82. The van der Waals surface area contributed by atoms with Crippen molar-refractivity contribution in [3.8, 4) is 0 Å². The van der Waals surface area contributed by atoms with E-state index in [4.69, 9.17) is 5.11 Å². The van der Waals surface area contributed by atoms with Gasteiger partial charge in [0.05, 0.1) is 6.61 Å². The zero-order chi connectivity index (χ0) is 12.4. The number of allylic oxidation sites excluding steroid dienone is 5. The third kappa shape index (κ3) is 9.72. The van der Waals surface area contributed by atoms with Gasteiger partial charge in [0.15, 0.2) is 0 Å². The van der Waals surface area contributed by atoms with Gasteiger partial charge in [-0.3, -0.25) is 0 Å². The lowest BCUT2D eigenvalue weighted by molar-refractivity contribution is 0.331. The van der Waals surface area contributed by atoms with Gasteiger partial charge >= 0.3 is 0 Å². The van der Waals surface area contributed by atoms with Crippen LogP contribution in [0.5, 0.6) is 0 Å². The van der Waals surface area contributed by atoms with Crippen LogP contribution < -0.4 is 0 Å². The third-order valence-electron chi connectivity index (χ3n) is 2.49. The second-order valence-electron chi connectivity index (χ2n) is 4.66. The number of aliphatic hydroxyl groups excluding tert-OH is 1. The Hall–Kier alpha value is -0.820. The molecule has 92 valence electrons. The normalized spacial score (nSPS) is 12.8. The lowest BCUT2D eigenvalue weighted by Gasteiger charge is -1.99. The van der Waals surface area contributed by atoms with E-state index in [0.717, 1.165) is 31.3 Å². The second-order valence-corrected chi connectivity index (χ2v) is 4.66. The molecule has 0 aliphatic rings. The van der Waals surface area contributed by atoms with Gasteiger partial charge in [-0.25, -0.2) is 0 Å². The van der Waals surface area contributed by atoms with Crippen LogP contribution in [0, 0.1) is 0 Å². The van der Waals surface area contributed by atoms with Crippen LogP contribution in [0.1, 0.15) is 53.4 Å². The first kappa shape index (κ1) is 15.2. The lowest BCUT2D eigenvalue weighted by atomic mass is 10.1. The van der Waals surface area contributed by atoms with E-state index >= 15 is 0 Å². The van der Waals surface area contributed by atoms with Crippen LogP contribution in [0.4, 0.5) is 0 Å². The average Bonchev–Trinajstić information content (AvgIpc) is 2.23. The van der Waals surface area contributed by atoms with Crippen LogP contribution in [-0.4, -0.2) is 11.7 Å². The zero-order valence-corrected chi connectivity index (χ0v) is 11.2. The third-order valence-corrected chi connectivity index (χ3v) is 2.49. The van der Waals surface area contributed by atoms with Crippen LogP contribution >= 0.6 is 0 Å². The van der Waals surface area contributed by atoms with Gasteiger partial charge in [-0.05, 0) is 53.4 Å². The molecule has 1 N–H and O–H groups in total. The summed E-state index contributed by atoms with van der Waals surface area (Å²) in [6.07, 6.45) is 11.1. The van der Waals surface area contributed by atoms with Crippen molar-refractivity contribution >= 4 is 0 Å². The summed E-state index contributed by atoms with van der Waals surface area (Å²) >= 11 is 0.